The Labute approximate surface area is 96.7 Å². The molecule has 2 heterocycles. The zero-order valence-electron chi connectivity index (χ0n) is 8.95. The van der Waals surface area contributed by atoms with Gasteiger partial charge in [-0.15, -0.1) is 0 Å². The summed E-state index contributed by atoms with van der Waals surface area (Å²) in [6.45, 7) is 0.730. The number of halogens is 1. The summed E-state index contributed by atoms with van der Waals surface area (Å²) in [6, 6.07) is 2.80. The number of carbonyl (C=O) groups excluding carboxylic acids is 1. The molecule has 0 saturated carbocycles. The van der Waals surface area contributed by atoms with Crippen LogP contribution in [-0.4, -0.2) is 24.0 Å². The largest absolute Gasteiger partial charge is 0.312 e. The van der Waals surface area contributed by atoms with Crippen LogP contribution in [0, 0.1) is 11.9 Å². The lowest BCUT2D eigenvalue weighted by atomic mass is 10.1. The van der Waals surface area contributed by atoms with E-state index in [2.05, 4.69) is 15.0 Å². The van der Waals surface area contributed by atoms with Gasteiger partial charge >= 0.3 is 0 Å². The minimum absolute atomic E-state index is 0.00498. The summed E-state index contributed by atoms with van der Waals surface area (Å²) in [4.78, 5) is 19.3. The highest BCUT2D eigenvalue weighted by atomic mass is 19.1. The second kappa shape index (κ2) is 4.80. The molecule has 17 heavy (non-hydrogen) atoms. The molecule has 88 valence electrons. The molecule has 1 aliphatic rings. The van der Waals surface area contributed by atoms with Gasteiger partial charge in [0.25, 0.3) is 0 Å². The van der Waals surface area contributed by atoms with Crippen LogP contribution in [-0.2, 0) is 4.79 Å². The number of amides is 1. The van der Waals surface area contributed by atoms with Gasteiger partial charge in [0.2, 0.25) is 11.9 Å². The molecule has 0 aliphatic carbocycles. The summed E-state index contributed by atoms with van der Waals surface area (Å²) in [5.74, 6) is -0.711. The highest BCUT2D eigenvalue weighted by Crippen LogP contribution is 2.25. The van der Waals surface area contributed by atoms with E-state index < -0.39 is 5.95 Å². The van der Waals surface area contributed by atoms with Crippen molar-refractivity contribution in [3.8, 4) is 0 Å². The zero-order chi connectivity index (χ0) is 12.3. The van der Waals surface area contributed by atoms with Gasteiger partial charge in [-0.25, -0.2) is 4.98 Å². The number of anilines is 1. The number of azide groups is 1. The normalized spacial score (nSPS) is 19.2. The monoisotopic (exact) mass is 235 g/mol. The molecule has 0 aromatic carbocycles. The smallest absolute Gasteiger partial charge is 0.227 e. The van der Waals surface area contributed by atoms with Gasteiger partial charge in [0.1, 0.15) is 0 Å². The van der Waals surface area contributed by atoms with E-state index in [1.165, 1.54) is 17.2 Å². The van der Waals surface area contributed by atoms with Gasteiger partial charge in [0.15, 0.2) is 0 Å². The van der Waals surface area contributed by atoms with Crippen molar-refractivity contribution in [1.82, 2.24) is 4.98 Å². The molecule has 1 atom stereocenters. The summed E-state index contributed by atoms with van der Waals surface area (Å²) >= 11 is 0. The minimum Gasteiger partial charge on any atom is -0.312 e. The molecular formula is C10H10FN5O. The van der Waals surface area contributed by atoms with Crippen LogP contribution in [0.1, 0.15) is 6.42 Å². The van der Waals surface area contributed by atoms with Crippen molar-refractivity contribution in [3.63, 3.8) is 0 Å². The third-order valence-corrected chi connectivity index (χ3v) is 2.63. The van der Waals surface area contributed by atoms with Crippen LogP contribution in [0.2, 0.25) is 0 Å². The van der Waals surface area contributed by atoms with Crippen LogP contribution in [0.3, 0.4) is 0 Å². The van der Waals surface area contributed by atoms with Crippen molar-refractivity contribution in [2.24, 2.45) is 11.0 Å². The number of nitrogens with zero attached hydrogens (tertiary/aromatic N) is 5. The second-order valence-corrected chi connectivity index (χ2v) is 3.82. The Kier molecular flexibility index (Phi) is 3.20. The van der Waals surface area contributed by atoms with Gasteiger partial charge in [-0.3, -0.25) is 4.79 Å². The first-order chi connectivity index (χ1) is 8.20. The first-order valence-corrected chi connectivity index (χ1v) is 5.13. The second-order valence-electron chi connectivity index (χ2n) is 3.82. The molecule has 7 heteroatoms. The Morgan fingerprint density at radius 2 is 2.53 bits per heavy atom. The molecule has 1 unspecified atom stereocenters. The van der Waals surface area contributed by atoms with E-state index in [0.717, 1.165) is 0 Å². The van der Waals surface area contributed by atoms with Crippen molar-refractivity contribution in [3.05, 3.63) is 34.7 Å². The Bertz CT molecular complexity index is 485. The molecule has 2 rings (SSSR count). The molecule has 1 saturated heterocycles. The van der Waals surface area contributed by atoms with E-state index in [1.807, 2.05) is 0 Å². The standard InChI is InChI=1S/C10H10FN5O/c11-9-4-8(1-2-13-9)16-6-7(3-10(16)17)5-14-15-12/h1-2,4,7H,3,5-6H2. The molecule has 0 radical (unpaired) electrons. The molecule has 1 fully saturated rings. The fourth-order valence-electron chi connectivity index (χ4n) is 1.87. The van der Waals surface area contributed by atoms with Crippen molar-refractivity contribution in [2.75, 3.05) is 18.0 Å². The summed E-state index contributed by atoms with van der Waals surface area (Å²) in [6.07, 6.45) is 1.64. The first kappa shape index (κ1) is 11.3. The number of aromatic nitrogens is 1. The van der Waals surface area contributed by atoms with Crippen LogP contribution in [0.15, 0.2) is 23.4 Å². The van der Waals surface area contributed by atoms with Gasteiger partial charge < -0.3 is 4.90 Å². The Morgan fingerprint density at radius 3 is 3.24 bits per heavy atom. The summed E-state index contributed by atoms with van der Waals surface area (Å²) in [7, 11) is 0. The molecule has 0 bridgehead atoms. The molecule has 0 spiro atoms. The Hall–Kier alpha value is -2.14. The third kappa shape index (κ3) is 2.51. The highest BCUT2D eigenvalue weighted by molar-refractivity contribution is 5.95. The van der Waals surface area contributed by atoms with Crippen LogP contribution < -0.4 is 4.90 Å². The quantitative estimate of drug-likeness (QED) is 0.347. The van der Waals surface area contributed by atoms with E-state index in [0.29, 0.717) is 18.7 Å². The van der Waals surface area contributed by atoms with Crippen LogP contribution in [0.4, 0.5) is 10.1 Å². The summed E-state index contributed by atoms with van der Waals surface area (Å²) < 4.78 is 12.9. The predicted octanol–water partition coefficient (Wildman–Crippen LogP) is 1.88. The fraction of sp³-hybridized carbons (Fsp3) is 0.400. The van der Waals surface area contributed by atoms with E-state index >= 15 is 0 Å². The SMILES string of the molecule is [N-]=[N+]=NCC1CC(=O)N(c2ccnc(F)c2)C1. The molecule has 1 aliphatic heterocycles. The lowest BCUT2D eigenvalue weighted by molar-refractivity contribution is -0.117. The molecule has 1 amide bonds. The predicted molar refractivity (Wildman–Crippen MR) is 58.7 cm³/mol. The average molecular weight is 235 g/mol. The topological polar surface area (TPSA) is 82.0 Å². The molecule has 6 nitrogen and oxygen atoms in total. The summed E-state index contributed by atoms with van der Waals surface area (Å²) in [5.41, 5.74) is 8.71. The van der Waals surface area contributed by atoms with E-state index in [9.17, 15) is 9.18 Å². The number of hydrogen-bond donors (Lipinski definition) is 0. The van der Waals surface area contributed by atoms with Crippen LogP contribution in [0.5, 0.6) is 0 Å². The van der Waals surface area contributed by atoms with Gasteiger partial charge in [0.05, 0.1) is 0 Å². The highest BCUT2D eigenvalue weighted by Gasteiger charge is 2.30. The fourth-order valence-corrected chi connectivity index (χ4v) is 1.87. The molecular weight excluding hydrogens is 225 g/mol. The Balaban J connectivity index is 2.12. The van der Waals surface area contributed by atoms with Crippen molar-refractivity contribution in [2.45, 2.75) is 6.42 Å². The summed E-state index contributed by atoms with van der Waals surface area (Å²) in [5, 5.41) is 3.45. The zero-order valence-corrected chi connectivity index (χ0v) is 8.95. The van der Waals surface area contributed by atoms with Crippen molar-refractivity contribution >= 4 is 11.6 Å². The van der Waals surface area contributed by atoms with Gasteiger partial charge in [-0.1, -0.05) is 5.11 Å². The minimum atomic E-state index is -0.617. The van der Waals surface area contributed by atoms with E-state index in [1.54, 1.807) is 6.07 Å². The van der Waals surface area contributed by atoms with E-state index in [-0.39, 0.29) is 18.4 Å². The maximum atomic E-state index is 12.9. The number of pyridine rings is 1. The van der Waals surface area contributed by atoms with Crippen molar-refractivity contribution < 1.29 is 9.18 Å². The third-order valence-electron chi connectivity index (χ3n) is 2.63. The molecule has 1 aromatic heterocycles. The molecule has 0 N–H and O–H groups in total. The number of carbonyl (C=O) groups is 1. The lowest BCUT2D eigenvalue weighted by Gasteiger charge is -2.15. The average Bonchev–Trinajstić information content (AvgIpc) is 2.68. The van der Waals surface area contributed by atoms with Crippen LogP contribution >= 0.6 is 0 Å². The number of rotatable bonds is 3. The first-order valence-electron chi connectivity index (χ1n) is 5.13. The maximum Gasteiger partial charge on any atom is 0.227 e. The van der Waals surface area contributed by atoms with Gasteiger partial charge in [-0.05, 0) is 17.5 Å². The lowest BCUT2D eigenvalue weighted by Crippen LogP contribution is -2.24. The van der Waals surface area contributed by atoms with Crippen LogP contribution in [0.25, 0.3) is 10.4 Å². The van der Waals surface area contributed by atoms with E-state index in [4.69, 9.17) is 5.53 Å². The number of hydrogen-bond acceptors (Lipinski definition) is 3. The Morgan fingerprint density at radius 1 is 1.71 bits per heavy atom. The van der Waals surface area contributed by atoms with Gasteiger partial charge in [0, 0.05) is 42.4 Å². The van der Waals surface area contributed by atoms with Crippen molar-refractivity contribution in [1.29, 1.82) is 0 Å². The maximum absolute atomic E-state index is 12.9. The van der Waals surface area contributed by atoms with Gasteiger partial charge in [-0.2, -0.15) is 4.39 Å². The molecule has 1 aromatic rings.